The third kappa shape index (κ3) is 5.45. The van der Waals surface area contributed by atoms with E-state index in [9.17, 15) is 4.39 Å². The summed E-state index contributed by atoms with van der Waals surface area (Å²) in [7, 11) is 1.66. The topological polar surface area (TPSA) is 53.7 Å². The van der Waals surface area contributed by atoms with E-state index in [1.165, 1.54) is 6.07 Å². The van der Waals surface area contributed by atoms with Gasteiger partial charge in [0.25, 0.3) is 0 Å². The van der Waals surface area contributed by atoms with Crippen molar-refractivity contribution < 1.29 is 18.6 Å². The highest BCUT2D eigenvalue weighted by Gasteiger charge is 2.12. The molecule has 0 bridgehead atoms. The van der Waals surface area contributed by atoms with Crippen molar-refractivity contribution in [1.82, 2.24) is 0 Å². The number of ether oxygens (including phenoxy) is 3. The van der Waals surface area contributed by atoms with Gasteiger partial charge in [-0.2, -0.15) is 0 Å². The van der Waals surface area contributed by atoms with E-state index in [2.05, 4.69) is 0 Å². The Morgan fingerprint density at radius 3 is 2.60 bits per heavy atom. The minimum Gasteiger partial charge on any atom is -0.491 e. The molecule has 1 aromatic carbocycles. The highest BCUT2D eigenvalue weighted by atomic mass is 19.1. The quantitative estimate of drug-likeness (QED) is 0.709. The van der Waals surface area contributed by atoms with E-state index >= 15 is 0 Å². The molecule has 20 heavy (non-hydrogen) atoms. The SMILES string of the molecule is COCCCOCCOc1cc(C)c(F)cc1C(C)N. The summed E-state index contributed by atoms with van der Waals surface area (Å²) in [6.45, 7) is 5.73. The van der Waals surface area contributed by atoms with Gasteiger partial charge in [-0.3, -0.25) is 0 Å². The molecule has 4 nitrogen and oxygen atoms in total. The fraction of sp³-hybridized carbons (Fsp3) is 0.600. The maximum Gasteiger partial charge on any atom is 0.126 e. The number of hydrogen-bond acceptors (Lipinski definition) is 4. The molecular formula is C15H24FNO3. The number of benzene rings is 1. The van der Waals surface area contributed by atoms with Gasteiger partial charge in [0.05, 0.1) is 6.61 Å². The highest BCUT2D eigenvalue weighted by molar-refractivity contribution is 5.39. The largest absolute Gasteiger partial charge is 0.491 e. The summed E-state index contributed by atoms with van der Waals surface area (Å²) in [5.41, 5.74) is 7.05. The molecule has 1 rings (SSSR count). The predicted octanol–water partition coefficient (Wildman–Crippen LogP) is 2.59. The van der Waals surface area contributed by atoms with Crippen molar-refractivity contribution in [3.8, 4) is 5.75 Å². The molecule has 1 unspecified atom stereocenters. The Bertz CT molecular complexity index is 410. The zero-order chi connectivity index (χ0) is 15.0. The number of halogens is 1. The molecule has 0 amide bonds. The van der Waals surface area contributed by atoms with Gasteiger partial charge in [0.2, 0.25) is 0 Å². The van der Waals surface area contributed by atoms with Gasteiger partial charge < -0.3 is 19.9 Å². The van der Waals surface area contributed by atoms with Gasteiger partial charge in [-0.1, -0.05) is 0 Å². The van der Waals surface area contributed by atoms with E-state index in [4.69, 9.17) is 19.9 Å². The van der Waals surface area contributed by atoms with Crippen molar-refractivity contribution in [2.75, 3.05) is 33.5 Å². The average molecular weight is 285 g/mol. The van der Waals surface area contributed by atoms with Gasteiger partial charge in [-0.15, -0.1) is 0 Å². The van der Waals surface area contributed by atoms with Crippen molar-refractivity contribution in [2.45, 2.75) is 26.3 Å². The van der Waals surface area contributed by atoms with Gasteiger partial charge >= 0.3 is 0 Å². The van der Waals surface area contributed by atoms with Crippen molar-refractivity contribution in [1.29, 1.82) is 0 Å². The van der Waals surface area contributed by atoms with Gasteiger partial charge in [-0.05, 0) is 38.0 Å². The molecule has 0 aliphatic heterocycles. The summed E-state index contributed by atoms with van der Waals surface area (Å²) >= 11 is 0. The molecule has 5 heteroatoms. The van der Waals surface area contributed by atoms with Gasteiger partial charge in [0, 0.05) is 31.9 Å². The zero-order valence-electron chi connectivity index (χ0n) is 12.4. The van der Waals surface area contributed by atoms with Crippen LogP contribution in [0.15, 0.2) is 12.1 Å². The van der Waals surface area contributed by atoms with E-state index in [1.807, 2.05) is 0 Å². The van der Waals surface area contributed by atoms with E-state index in [0.717, 1.165) is 6.42 Å². The lowest BCUT2D eigenvalue weighted by molar-refractivity contribution is 0.0803. The van der Waals surface area contributed by atoms with Crippen LogP contribution >= 0.6 is 0 Å². The summed E-state index contributed by atoms with van der Waals surface area (Å²) < 4.78 is 29.5. The van der Waals surface area contributed by atoms with Crippen molar-refractivity contribution in [2.24, 2.45) is 5.73 Å². The van der Waals surface area contributed by atoms with E-state index in [-0.39, 0.29) is 11.9 Å². The smallest absolute Gasteiger partial charge is 0.126 e. The Kier molecular flexibility index (Phi) is 7.51. The number of hydrogen-bond donors (Lipinski definition) is 1. The van der Waals surface area contributed by atoms with Crippen LogP contribution in [-0.4, -0.2) is 33.5 Å². The first-order valence-electron chi connectivity index (χ1n) is 6.81. The van der Waals surface area contributed by atoms with Crippen LogP contribution in [0.4, 0.5) is 4.39 Å². The molecule has 0 aromatic heterocycles. The Morgan fingerprint density at radius 2 is 1.95 bits per heavy atom. The summed E-state index contributed by atoms with van der Waals surface area (Å²) in [6.07, 6.45) is 0.858. The molecule has 0 heterocycles. The summed E-state index contributed by atoms with van der Waals surface area (Å²) in [6, 6.07) is 2.84. The van der Waals surface area contributed by atoms with Crippen LogP contribution in [0, 0.1) is 12.7 Å². The summed E-state index contributed by atoms with van der Waals surface area (Å²) in [4.78, 5) is 0. The van der Waals surface area contributed by atoms with Crippen molar-refractivity contribution in [3.63, 3.8) is 0 Å². The molecule has 0 aliphatic rings. The first-order chi connectivity index (χ1) is 9.56. The molecule has 0 aliphatic carbocycles. The Morgan fingerprint density at radius 1 is 1.20 bits per heavy atom. The molecule has 0 fully saturated rings. The van der Waals surface area contributed by atoms with Crippen LogP contribution in [0.25, 0.3) is 0 Å². The van der Waals surface area contributed by atoms with Crippen LogP contribution in [-0.2, 0) is 9.47 Å². The number of aryl methyl sites for hydroxylation is 1. The minimum atomic E-state index is -0.275. The first kappa shape index (κ1) is 16.9. The molecule has 0 spiro atoms. The molecule has 1 atom stereocenters. The number of nitrogens with two attached hydrogens (primary N) is 1. The Hall–Kier alpha value is -1.17. The van der Waals surface area contributed by atoms with Crippen LogP contribution in [0.3, 0.4) is 0 Å². The molecule has 0 saturated carbocycles. The Balaban J connectivity index is 2.45. The zero-order valence-corrected chi connectivity index (χ0v) is 12.4. The second-order valence-electron chi connectivity index (χ2n) is 4.74. The van der Waals surface area contributed by atoms with E-state index in [1.54, 1.807) is 27.0 Å². The predicted molar refractivity (Wildman–Crippen MR) is 76.5 cm³/mol. The Labute approximate surface area is 120 Å². The second-order valence-corrected chi connectivity index (χ2v) is 4.74. The van der Waals surface area contributed by atoms with Crippen LogP contribution in [0.2, 0.25) is 0 Å². The fourth-order valence-electron chi connectivity index (χ4n) is 1.77. The molecule has 114 valence electrons. The third-order valence-electron chi connectivity index (χ3n) is 2.90. The lowest BCUT2D eigenvalue weighted by Gasteiger charge is -2.15. The third-order valence-corrected chi connectivity index (χ3v) is 2.90. The van der Waals surface area contributed by atoms with Crippen molar-refractivity contribution in [3.05, 3.63) is 29.1 Å². The van der Waals surface area contributed by atoms with Crippen LogP contribution < -0.4 is 10.5 Å². The monoisotopic (exact) mass is 285 g/mol. The van der Waals surface area contributed by atoms with Gasteiger partial charge in [0.15, 0.2) is 0 Å². The molecule has 0 saturated heterocycles. The molecule has 2 N–H and O–H groups in total. The highest BCUT2D eigenvalue weighted by Crippen LogP contribution is 2.27. The maximum absolute atomic E-state index is 13.5. The maximum atomic E-state index is 13.5. The lowest BCUT2D eigenvalue weighted by Crippen LogP contribution is -2.13. The normalized spacial score (nSPS) is 12.4. The average Bonchev–Trinajstić information content (AvgIpc) is 2.41. The number of methoxy groups -OCH3 is 1. The second kappa shape index (κ2) is 8.89. The molecule has 0 radical (unpaired) electrons. The van der Waals surface area contributed by atoms with E-state index in [0.29, 0.717) is 43.3 Å². The van der Waals surface area contributed by atoms with E-state index < -0.39 is 0 Å². The van der Waals surface area contributed by atoms with Crippen LogP contribution in [0.5, 0.6) is 5.75 Å². The molecular weight excluding hydrogens is 261 g/mol. The fourth-order valence-corrected chi connectivity index (χ4v) is 1.77. The number of rotatable bonds is 9. The lowest BCUT2D eigenvalue weighted by atomic mass is 10.1. The minimum absolute atomic E-state index is 0.263. The van der Waals surface area contributed by atoms with Crippen LogP contribution in [0.1, 0.15) is 30.5 Å². The summed E-state index contributed by atoms with van der Waals surface area (Å²) in [5, 5.41) is 0. The first-order valence-corrected chi connectivity index (χ1v) is 6.81. The van der Waals surface area contributed by atoms with Gasteiger partial charge in [0.1, 0.15) is 18.2 Å². The van der Waals surface area contributed by atoms with Gasteiger partial charge in [-0.25, -0.2) is 4.39 Å². The van der Waals surface area contributed by atoms with Crippen molar-refractivity contribution >= 4 is 0 Å². The molecule has 1 aromatic rings. The standard InChI is InChI=1S/C15H24FNO3/c1-11-9-15(13(12(2)17)10-14(11)16)20-8-7-19-6-4-5-18-3/h9-10,12H,4-8,17H2,1-3H3. The summed E-state index contributed by atoms with van der Waals surface area (Å²) in [5.74, 6) is 0.361.